The van der Waals surface area contributed by atoms with Crippen LogP contribution in [0, 0.1) is 0 Å². The van der Waals surface area contributed by atoms with Crippen LogP contribution in [0.25, 0.3) is 5.70 Å². The average molecular weight is 532 g/mol. The molecule has 3 rings (SSSR count). The van der Waals surface area contributed by atoms with Crippen LogP contribution in [0.4, 0.5) is 5.69 Å². The molecule has 1 aromatic heterocycles. The van der Waals surface area contributed by atoms with E-state index in [0.29, 0.717) is 32.5 Å². The van der Waals surface area contributed by atoms with Gasteiger partial charge in [-0.2, -0.15) is 0 Å². The van der Waals surface area contributed by atoms with Crippen molar-refractivity contribution in [1.82, 2.24) is 15.9 Å². The number of likely N-dealkylation sites (N-methyl/N-ethyl adjacent to an activating group) is 2. The van der Waals surface area contributed by atoms with Gasteiger partial charge in [0.25, 0.3) is 12.9 Å². The molecule has 0 saturated carbocycles. The highest BCUT2D eigenvalue weighted by atomic mass is 16.5. The van der Waals surface area contributed by atoms with Gasteiger partial charge in [0, 0.05) is 37.3 Å². The van der Waals surface area contributed by atoms with Crippen molar-refractivity contribution < 1.29 is 23.6 Å². The van der Waals surface area contributed by atoms with Crippen molar-refractivity contribution in [2.75, 3.05) is 32.1 Å². The summed E-state index contributed by atoms with van der Waals surface area (Å²) in [5.74, 6) is 6.75. The number of aryl methyl sites for hydroxylation is 1. The van der Waals surface area contributed by atoms with Gasteiger partial charge in [0.1, 0.15) is 17.5 Å². The molecule has 10 nitrogen and oxygen atoms in total. The molecule has 0 amide bonds. The zero-order valence-corrected chi connectivity index (χ0v) is 23.9. The van der Waals surface area contributed by atoms with Crippen LogP contribution in [0.5, 0.6) is 0 Å². The van der Waals surface area contributed by atoms with Crippen molar-refractivity contribution in [3.05, 3.63) is 52.9 Å². The summed E-state index contributed by atoms with van der Waals surface area (Å²) >= 11 is 0. The number of hydrogen-bond acceptors (Lipinski definition) is 10. The molecule has 0 fully saturated rings. The predicted octanol–water partition coefficient (Wildman–Crippen LogP) is 3.61. The normalized spacial score (nSPS) is 13.4. The molecule has 4 N–H and O–H groups in total. The van der Waals surface area contributed by atoms with Crippen LogP contribution in [-0.2, 0) is 31.9 Å². The number of hydrogen-bond donors (Lipinski definition) is 3. The molecule has 38 heavy (non-hydrogen) atoms. The van der Waals surface area contributed by atoms with E-state index in [1.165, 1.54) is 11.1 Å². The Bertz CT molecular complexity index is 986. The molecule has 1 aromatic carbocycles. The number of allylic oxidation sites excluding steroid dienone is 1. The van der Waals surface area contributed by atoms with Crippen molar-refractivity contribution in [3.8, 4) is 0 Å². The molecule has 0 radical (unpaired) electrons. The first-order valence-corrected chi connectivity index (χ1v) is 13.0. The Balaban J connectivity index is 0.000000696. The third-order valence-corrected chi connectivity index (χ3v) is 5.66. The zero-order valence-electron chi connectivity index (χ0n) is 23.9. The van der Waals surface area contributed by atoms with Gasteiger partial charge < -0.3 is 29.6 Å². The Labute approximate surface area is 226 Å². The van der Waals surface area contributed by atoms with Crippen LogP contribution in [0.15, 0.2) is 40.6 Å². The molecule has 0 aliphatic heterocycles. The van der Waals surface area contributed by atoms with Gasteiger partial charge in [-0.1, -0.05) is 25.1 Å². The molecule has 10 heteroatoms. The first-order chi connectivity index (χ1) is 18.2. The first-order valence-electron chi connectivity index (χ1n) is 13.0. The summed E-state index contributed by atoms with van der Waals surface area (Å²) in [5, 5.41) is 6.85. The van der Waals surface area contributed by atoms with Gasteiger partial charge >= 0.3 is 0 Å². The van der Waals surface area contributed by atoms with E-state index in [0.717, 1.165) is 42.0 Å². The molecular weight excluding hydrogens is 486 g/mol. The van der Waals surface area contributed by atoms with Crippen molar-refractivity contribution in [2.45, 2.75) is 72.0 Å². The molecule has 0 spiro atoms. The number of carbonyl (C=O) groups excluding carboxylic acids is 2. The van der Waals surface area contributed by atoms with Crippen LogP contribution in [0.2, 0.25) is 0 Å². The van der Waals surface area contributed by atoms with Gasteiger partial charge in [-0.05, 0) is 70.4 Å². The summed E-state index contributed by atoms with van der Waals surface area (Å²) in [6, 6.07) is 8.26. The van der Waals surface area contributed by atoms with Gasteiger partial charge in [-0.15, -0.1) is 0 Å². The number of fused-ring (bicyclic) bond motifs is 1. The number of nitrogens with two attached hydrogens (primary N) is 1. The lowest BCUT2D eigenvalue weighted by Gasteiger charge is -2.25. The average Bonchev–Trinajstić information content (AvgIpc) is 3.32. The number of rotatable bonds is 11. The maximum absolute atomic E-state index is 10.7. The lowest BCUT2D eigenvalue weighted by molar-refractivity contribution is -0.138. The van der Waals surface area contributed by atoms with E-state index in [-0.39, 0.29) is 11.7 Å². The molecule has 2 aromatic rings. The van der Waals surface area contributed by atoms with E-state index in [2.05, 4.69) is 43.7 Å². The maximum atomic E-state index is 10.7. The van der Waals surface area contributed by atoms with E-state index in [1.54, 1.807) is 6.20 Å². The number of anilines is 1. The molecule has 1 unspecified atom stereocenters. The van der Waals surface area contributed by atoms with E-state index in [4.69, 9.17) is 15.1 Å². The Kier molecular flexibility index (Phi) is 14.8. The second-order valence-electron chi connectivity index (χ2n) is 9.59. The number of benzene rings is 1. The lowest BCUT2D eigenvalue weighted by atomic mass is 9.99. The second kappa shape index (κ2) is 17.2. The summed E-state index contributed by atoms with van der Waals surface area (Å²) in [6.07, 6.45) is 5.08. The Hall–Kier alpha value is -3.37. The third kappa shape index (κ3) is 10.9. The third-order valence-electron chi connectivity index (χ3n) is 5.66. The first kappa shape index (κ1) is 32.7. The van der Waals surface area contributed by atoms with Crippen LogP contribution < -0.4 is 21.5 Å². The van der Waals surface area contributed by atoms with Crippen molar-refractivity contribution >= 4 is 24.3 Å². The maximum Gasteiger partial charge on any atom is 0.293 e. The highest BCUT2D eigenvalue weighted by molar-refractivity contribution is 5.72. The van der Waals surface area contributed by atoms with Crippen molar-refractivity contribution in [1.29, 1.82) is 0 Å². The van der Waals surface area contributed by atoms with Crippen molar-refractivity contribution in [3.63, 3.8) is 0 Å². The van der Waals surface area contributed by atoms with Gasteiger partial charge in [-0.3, -0.25) is 15.4 Å². The van der Waals surface area contributed by atoms with Crippen LogP contribution in [-0.4, -0.2) is 57.0 Å². The van der Waals surface area contributed by atoms with Crippen LogP contribution >= 0.6 is 0 Å². The van der Waals surface area contributed by atoms with Gasteiger partial charge in [0.15, 0.2) is 0 Å². The van der Waals surface area contributed by atoms with Crippen molar-refractivity contribution in [2.24, 2.45) is 5.84 Å². The molecule has 1 aliphatic carbocycles. The number of hydrazine groups is 1. The lowest BCUT2D eigenvalue weighted by Crippen LogP contribution is -2.37. The van der Waals surface area contributed by atoms with Gasteiger partial charge in [-0.25, -0.2) is 0 Å². The number of carbonyl (C=O) groups is 2. The quantitative estimate of drug-likeness (QED) is 0.224. The molecule has 1 atom stereocenters. The fourth-order valence-corrected chi connectivity index (χ4v) is 3.99. The number of ether oxygens (including phenoxy) is 2. The predicted molar refractivity (Wildman–Crippen MR) is 150 cm³/mol. The zero-order chi connectivity index (χ0) is 28.6. The summed E-state index contributed by atoms with van der Waals surface area (Å²) < 4.78 is 15.0. The smallest absolute Gasteiger partial charge is 0.293 e. The monoisotopic (exact) mass is 531 g/mol. The fraction of sp³-hybridized carbons (Fsp3) is 0.536. The van der Waals surface area contributed by atoms with Gasteiger partial charge in [0.05, 0.1) is 18.4 Å². The largest absolute Gasteiger partial charge is 0.462 e. The fourth-order valence-electron chi connectivity index (χ4n) is 3.99. The minimum absolute atomic E-state index is 0.212. The summed E-state index contributed by atoms with van der Waals surface area (Å²) in [7, 11) is 3.84. The molecule has 0 bridgehead atoms. The standard InChI is InChI=1S/C21H29N5O3.C5H10O2.C2H6/c1-23-12-19(28-14-27)13-26(2)17-6-7-20-15(10-17)4-3-5-16(21(20)25-22)11-18-8-9-24-29-18;1-5(2,3)7-4-6;1-2/h6-10,14,19,23,25H,3-5,11-13,22H2,1-2H3;4H,1-3H3;1-2H3. The highest BCUT2D eigenvalue weighted by Crippen LogP contribution is 2.32. The summed E-state index contributed by atoms with van der Waals surface area (Å²) in [6.45, 7) is 11.6. The summed E-state index contributed by atoms with van der Waals surface area (Å²) in [4.78, 5) is 22.4. The molecule has 1 heterocycles. The van der Waals surface area contributed by atoms with Crippen LogP contribution in [0.1, 0.15) is 64.3 Å². The van der Waals surface area contributed by atoms with E-state index in [1.807, 2.05) is 54.8 Å². The number of nitrogens with zero attached hydrogens (tertiary/aromatic N) is 2. The number of nitrogens with one attached hydrogen (secondary N) is 2. The van der Waals surface area contributed by atoms with Gasteiger partial charge in [0.2, 0.25) is 0 Å². The van der Waals surface area contributed by atoms with Crippen LogP contribution in [0.3, 0.4) is 0 Å². The molecule has 1 aliphatic rings. The SMILES string of the molecule is CC.CC(C)(C)OC=O.CNCC(CN(C)c1ccc2c(c1)CCCC(Cc1ccno1)=C2NN)OC=O. The minimum Gasteiger partial charge on any atom is -0.462 e. The van der Waals surface area contributed by atoms with E-state index in [9.17, 15) is 9.59 Å². The molecular formula is C28H45N5O5. The molecule has 0 saturated heterocycles. The number of aromatic nitrogens is 1. The van der Waals surface area contributed by atoms with E-state index >= 15 is 0 Å². The Morgan fingerprint density at radius 1 is 1.18 bits per heavy atom. The second-order valence-corrected chi connectivity index (χ2v) is 9.59. The van der Waals surface area contributed by atoms with E-state index < -0.39 is 0 Å². The Morgan fingerprint density at radius 2 is 1.92 bits per heavy atom. The Morgan fingerprint density at radius 3 is 2.45 bits per heavy atom. The summed E-state index contributed by atoms with van der Waals surface area (Å²) in [5.41, 5.74) is 8.22. The highest BCUT2D eigenvalue weighted by Gasteiger charge is 2.20. The topological polar surface area (TPSA) is 132 Å². The minimum atomic E-state index is -0.318. The molecule has 212 valence electrons.